The van der Waals surface area contributed by atoms with Gasteiger partial charge in [0, 0.05) is 37.7 Å². The second-order valence-electron chi connectivity index (χ2n) is 9.99. The molecule has 0 radical (unpaired) electrons. The van der Waals surface area contributed by atoms with Crippen LogP contribution in [0.5, 0.6) is 0 Å². The van der Waals surface area contributed by atoms with Crippen LogP contribution in [0.3, 0.4) is 0 Å². The third-order valence-corrected chi connectivity index (χ3v) is 7.54. The predicted molar refractivity (Wildman–Crippen MR) is 142 cm³/mol. The minimum atomic E-state index is -0.231. The van der Waals surface area contributed by atoms with Crippen molar-refractivity contribution in [3.8, 4) is 11.8 Å². The van der Waals surface area contributed by atoms with Gasteiger partial charge < -0.3 is 14.2 Å². The van der Waals surface area contributed by atoms with Crippen LogP contribution in [0.25, 0.3) is 0 Å². The van der Waals surface area contributed by atoms with Crippen LogP contribution >= 0.6 is 11.6 Å². The summed E-state index contributed by atoms with van der Waals surface area (Å²) in [5, 5.41) is 0.294. The van der Waals surface area contributed by atoms with E-state index in [1.54, 1.807) is 0 Å². The number of Topliss-reactive ketones (excluding diaryl/α,β-unsaturated/α-hetero) is 1. The summed E-state index contributed by atoms with van der Waals surface area (Å²) < 4.78 is 17.3. The summed E-state index contributed by atoms with van der Waals surface area (Å²) in [6.07, 6.45) is 15.5. The number of allylic oxidation sites excluding steroid dienone is 5. The maximum absolute atomic E-state index is 13.0. The Bertz CT molecular complexity index is 902. The molecule has 0 amide bonds. The molecule has 2 fully saturated rings. The van der Waals surface area contributed by atoms with E-state index in [-0.39, 0.29) is 36.0 Å². The molecule has 36 heavy (non-hydrogen) atoms. The second kappa shape index (κ2) is 14.8. The van der Waals surface area contributed by atoms with Crippen LogP contribution in [-0.4, -0.2) is 37.4 Å². The van der Waals surface area contributed by atoms with Crippen molar-refractivity contribution in [2.45, 2.75) is 91.0 Å². The molecule has 3 rings (SSSR count). The molecule has 0 spiro atoms. The number of hydrogen-bond acceptors (Lipinski definition) is 5. The predicted octanol–water partition coefficient (Wildman–Crippen LogP) is 6.51. The Labute approximate surface area is 221 Å². The third-order valence-electron chi connectivity index (χ3n) is 7.23. The van der Waals surface area contributed by atoms with Crippen molar-refractivity contribution >= 4 is 23.4 Å². The van der Waals surface area contributed by atoms with Crippen molar-refractivity contribution in [3.63, 3.8) is 0 Å². The highest BCUT2D eigenvalue weighted by Crippen LogP contribution is 2.49. The van der Waals surface area contributed by atoms with Gasteiger partial charge in [0.2, 0.25) is 0 Å². The zero-order valence-corrected chi connectivity index (χ0v) is 22.7. The number of rotatable bonds is 11. The minimum absolute atomic E-state index is 0.0227. The van der Waals surface area contributed by atoms with Crippen molar-refractivity contribution in [1.29, 1.82) is 0 Å². The lowest BCUT2D eigenvalue weighted by Crippen LogP contribution is -2.31. The Morgan fingerprint density at radius 2 is 2.11 bits per heavy atom. The van der Waals surface area contributed by atoms with Crippen molar-refractivity contribution in [1.82, 2.24) is 0 Å². The lowest BCUT2D eigenvalue weighted by Gasteiger charge is -2.29. The number of carbonyl (C=O) groups is 2. The smallest absolute Gasteiger partial charge is 0.306 e. The van der Waals surface area contributed by atoms with Gasteiger partial charge in [0.25, 0.3) is 0 Å². The molecule has 6 atom stereocenters. The maximum Gasteiger partial charge on any atom is 0.306 e. The zero-order chi connectivity index (χ0) is 25.9. The molecule has 1 saturated carbocycles. The Morgan fingerprint density at radius 3 is 2.83 bits per heavy atom. The van der Waals surface area contributed by atoms with Crippen LogP contribution in [0.4, 0.5) is 0 Å². The van der Waals surface area contributed by atoms with Gasteiger partial charge in [-0.1, -0.05) is 55.3 Å². The first-order valence-corrected chi connectivity index (χ1v) is 14.0. The van der Waals surface area contributed by atoms with Gasteiger partial charge in [-0.3, -0.25) is 9.59 Å². The molecule has 6 unspecified atom stereocenters. The third kappa shape index (κ3) is 8.33. The van der Waals surface area contributed by atoms with Crippen molar-refractivity contribution < 1.29 is 23.8 Å². The SMILES string of the molecule is CCC#CCC(C)C(=O)C(Cl)=CC1C(OC2CCCCO2)CC2C=C(C=CCCC(=O)OCC)CC21. The molecular formula is C30H41ClO5. The van der Waals surface area contributed by atoms with Crippen LogP contribution in [0.15, 0.2) is 34.9 Å². The van der Waals surface area contributed by atoms with E-state index in [1.165, 1.54) is 5.57 Å². The van der Waals surface area contributed by atoms with E-state index in [1.807, 2.05) is 32.9 Å². The fraction of sp³-hybridized carbons (Fsp3) is 0.667. The molecule has 198 valence electrons. The highest BCUT2D eigenvalue weighted by molar-refractivity contribution is 6.42. The molecule has 2 aliphatic carbocycles. The van der Waals surface area contributed by atoms with Gasteiger partial charge in [-0.15, -0.1) is 11.8 Å². The fourth-order valence-electron chi connectivity index (χ4n) is 5.37. The number of halogens is 1. The molecule has 0 aromatic carbocycles. The van der Waals surface area contributed by atoms with Crippen LogP contribution in [-0.2, 0) is 23.8 Å². The van der Waals surface area contributed by atoms with Crippen LogP contribution in [0, 0.1) is 35.5 Å². The molecule has 0 aromatic heterocycles. The molecule has 1 heterocycles. The lowest BCUT2D eigenvalue weighted by atomic mass is 9.88. The number of fused-ring (bicyclic) bond motifs is 1. The summed E-state index contributed by atoms with van der Waals surface area (Å²) in [6, 6.07) is 0. The van der Waals surface area contributed by atoms with Gasteiger partial charge in [0.05, 0.1) is 17.7 Å². The molecule has 1 saturated heterocycles. The Balaban J connectivity index is 1.68. The van der Waals surface area contributed by atoms with E-state index in [0.717, 1.165) is 45.1 Å². The highest BCUT2D eigenvalue weighted by Gasteiger charge is 2.46. The first-order chi connectivity index (χ1) is 17.4. The molecule has 5 nitrogen and oxygen atoms in total. The number of carbonyl (C=O) groups excluding carboxylic acids is 2. The van der Waals surface area contributed by atoms with Crippen molar-refractivity contribution in [3.05, 3.63) is 34.9 Å². The topological polar surface area (TPSA) is 61.8 Å². The van der Waals surface area contributed by atoms with E-state index >= 15 is 0 Å². The standard InChI is InChI=1S/C30H41ClO5/c1-4-6-7-12-21(3)30(33)26(31)20-25-24-18-22(13-8-9-14-28(32)34-5-2)17-23(24)19-27(25)36-29-15-10-11-16-35-29/h8,13,17,20-21,23-25,27,29H,4-5,9-12,14-16,18-19H2,1-3H3. The Morgan fingerprint density at radius 1 is 1.28 bits per heavy atom. The van der Waals surface area contributed by atoms with E-state index in [0.29, 0.717) is 42.7 Å². The van der Waals surface area contributed by atoms with Crippen LogP contribution in [0.1, 0.15) is 78.6 Å². The van der Waals surface area contributed by atoms with Crippen molar-refractivity contribution in [2.75, 3.05) is 13.2 Å². The molecule has 3 aliphatic rings. The van der Waals surface area contributed by atoms with E-state index in [9.17, 15) is 9.59 Å². The van der Waals surface area contributed by atoms with E-state index in [4.69, 9.17) is 25.8 Å². The molecule has 0 bridgehead atoms. The number of hydrogen-bond donors (Lipinski definition) is 0. The van der Waals surface area contributed by atoms with Gasteiger partial charge in [-0.2, -0.15) is 0 Å². The first-order valence-electron chi connectivity index (χ1n) is 13.6. The van der Waals surface area contributed by atoms with Gasteiger partial charge >= 0.3 is 5.97 Å². The molecule has 0 aromatic rings. The Hall–Kier alpha value is -1.87. The quantitative estimate of drug-likeness (QED) is 0.178. The molecular weight excluding hydrogens is 476 g/mol. The van der Waals surface area contributed by atoms with Gasteiger partial charge in [0.15, 0.2) is 12.1 Å². The van der Waals surface area contributed by atoms with Crippen molar-refractivity contribution in [2.24, 2.45) is 23.7 Å². The molecule has 0 N–H and O–H groups in total. The summed E-state index contributed by atoms with van der Waals surface area (Å²) in [4.78, 5) is 24.5. The number of ketones is 1. The summed E-state index contributed by atoms with van der Waals surface area (Å²) in [6.45, 7) is 6.86. The zero-order valence-electron chi connectivity index (χ0n) is 22.0. The summed E-state index contributed by atoms with van der Waals surface area (Å²) in [5.41, 5.74) is 1.27. The lowest BCUT2D eigenvalue weighted by molar-refractivity contribution is -0.192. The average Bonchev–Trinajstić information content (AvgIpc) is 3.40. The largest absolute Gasteiger partial charge is 0.466 e. The van der Waals surface area contributed by atoms with E-state index < -0.39 is 0 Å². The van der Waals surface area contributed by atoms with E-state index in [2.05, 4.69) is 24.0 Å². The monoisotopic (exact) mass is 516 g/mol. The minimum Gasteiger partial charge on any atom is -0.466 e. The summed E-state index contributed by atoms with van der Waals surface area (Å²) >= 11 is 6.61. The maximum atomic E-state index is 13.0. The summed E-state index contributed by atoms with van der Waals surface area (Å²) in [5.74, 6) is 6.40. The average molecular weight is 517 g/mol. The second-order valence-corrected chi connectivity index (χ2v) is 10.4. The normalized spacial score (nSPS) is 28.8. The summed E-state index contributed by atoms with van der Waals surface area (Å²) in [7, 11) is 0. The molecule has 6 heteroatoms. The van der Waals surface area contributed by atoms with Gasteiger partial charge in [-0.05, 0) is 57.3 Å². The Kier molecular flexibility index (Phi) is 11.8. The van der Waals surface area contributed by atoms with Gasteiger partial charge in [0.1, 0.15) is 0 Å². The number of ether oxygens (including phenoxy) is 3. The van der Waals surface area contributed by atoms with Crippen LogP contribution < -0.4 is 0 Å². The highest BCUT2D eigenvalue weighted by atomic mass is 35.5. The fourth-order valence-corrected chi connectivity index (χ4v) is 5.70. The van der Waals surface area contributed by atoms with Gasteiger partial charge in [-0.25, -0.2) is 0 Å². The number of esters is 1. The van der Waals surface area contributed by atoms with Crippen LogP contribution in [0.2, 0.25) is 0 Å². The molecule has 1 aliphatic heterocycles. The first kappa shape index (κ1) is 28.7.